The maximum Gasteiger partial charge on any atom is 0.0620 e. The van der Waals surface area contributed by atoms with Crippen molar-refractivity contribution in [3.63, 3.8) is 0 Å². The Morgan fingerprint density at radius 2 is 0.559 bits per heavy atom. The summed E-state index contributed by atoms with van der Waals surface area (Å²) in [7, 11) is 0. The van der Waals surface area contributed by atoms with Crippen LogP contribution in [-0.4, -0.2) is 8.80 Å². The second-order valence-electron chi connectivity index (χ2n) is 22.0. The average Bonchev–Trinajstić information content (AvgIpc) is 4.00. The third kappa shape index (κ3) is 5.46. The van der Waals surface area contributed by atoms with Crippen molar-refractivity contribution in [2.24, 2.45) is 0 Å². The summed E-state index contributed by atoms with van der Waals surface area (Å²) in [5, 5.41) is 16.0. The first kappa shape index (κ1) is 41.3. The highest BCUT2D eigenvalue weighted by atomic mass is 14.9. The molecule has 0 amide bonds. The molecule has 0 aliphatic rings. The molecule has 334 valence electrons. The first-order chi connectivity index (χ1) is 32.7. The summed E-state index contributed by atoms with van der Waals surface area (Å²) in [4.78, 5) is 0. The van der Waals surface area contributed by atoms with Crippen LogP contribution in [0.15, 0.2) is 121 Å². The lowest BCUT2D eigenvalue weighted by atomic mass is 9.76. The Hall–Kier alpha value is -6.90. The molecule has 68 heavy (non-hydrogen) atoms. The van der Waals surface area contributed by atoms with E-state index in [9.17, 15) is 0 Å². The van der Waals surface area contributed by atoms with Crippen LogP contribution in [-0.2, 0) is 0 Å². The van der Waals surface area contributed by atoms with Gasteiger partial charge in [0.05, 0.1) is 33.1 Å². The summed E-state index contributed by atoms with van der Waals surface area (Å²) in [6.07, 6.45) is 0. The van der Waals surface area contributed by atoms with E-state index in [2.05, 4.69) is 213 Å². The van der Waals surface area contributed by atoms with Gasteiger partial charge in [0, 0.05) is 43.1 Å². The Morgan fingerprint density at radius 1 is 0.265 bits per heavy atom. The molecule has 4 aromatic heterocycles. The van der Waals surface area contributed by atoms with Crippen LogP contribution in [0.3, 0.4) is 0 Å². The van der Waals surface area contributed by atoms with Crippen LogP contribution >= 0.6 is 0 Å². The lowest BCUT2D eigenvalue weighted by Crippen LogP contribution is -2.04. The summed E-state index contributed by atoms with van der Waals surface area (Å²) < 4.78 is 5.21. The van der Waals surface area contributed by atoms with Crippen LogP contribution in [0.4, 0.5) is 0 Å². The molecule has 0 aliphatic heterocycles. The van der Waals surface area contributed by atoms with Gasteiger partial charge >= 0.3 is 0 Å². The fraction of sp³-hybridized carbons (Fsp3) is 0.242. The zero-order valence-electron chi connectivity index (χ0n) is 41.8. The topological polar surface area (TPSA) is 8.82 Å². The fourth-order valence-electron chi connectivity index (χ4n) is 13.0. The van der Waals surface area contributed by atoms with Gasteiger partial charge < -0.3 is 8.80 Å². The van der Waals surface area contributed by atoms with Gasteiger partial charge in [-0.25, -0.2) is 0 Å². The minimum absolute atomic E-state index is 0.321. The predicted octanol–water partition coefficient (Wildman–Crippen LogP) is 19.4. The Bertz CT molecular complexity index is 3960. The highest BCUT2D eigenvalue weighted by molar-refractivity contribution is 6.32. The number of fused-ring (bicyclic) bond motifs is 14. The number of rotatable bonds is 6. The van der Waals surface area contributed by atoms with Crippen molar-refractivity contribution < 1.29 is 0 Å². The van der Waals surface area contributed by atoms with E-state index < -0.39 is 0 Å². The molecule has 0 bridgehead atoms. The van der Waals surface area contributed by atoms with Crippen molar-refractivity contribution in [1.29, 1.82) is 0 Å². The van der Waals surface area contributed by atoms with Gasteiger partial charge in [0.1, 0.15) is 0 Å². The molecule has 2 nitrogen and oxygen atoms in total. The zero-order valence-corrected chi connectivity index (χ0v) is 41.8. The molecule has 4 heterocycles. The first-order valence-electron chi connectivity index (χ1n) is 25.2. The first-order valence-corrected chi connectivity index (χ1v) is 25.2. The van der Waals surface area contributed by atoms with Crippen LogP contribution in [0.5, 0.6) is 0 Å². The summed E-state index contributed by atoms with van der Waals surface area (Å²) in [6.45, 7) is 28.1. The lowest BCUT2D eigenvalue weighted by Gasteiger charge is -2.27. The van der Waals surface area contributed by atoms with Crippen molar-refractivity contribution in [1.82, 2.24) is 8.80 Å². The van der Waals surface area contributed by atoms with Crippen LogP contribution in [0.1, 0.15) is 124 Å². The van der Waals surface area contributed by atoms with Crippen molar-refractivity contribution in [3.05, 3.63) is 166 Å². The number of hydrogen-bond donors (Lipinski definition) is 0. The number of aryl methyl sites for hydroxylation is 4. The van der Waals surface area contributed by atoms with Gasteiger partial charge in [-0.3, -0.25) is 0 Å². The van der Waals surface area contributed by atoms with Crippen LogP contribution in [0.2, 0.25) is 0 Å². The third-order valence-electron chi connectivity index (χ3n) is 16.0. The van der Waals surface area contributed by atoms with E-state index in [1.165, 1.54) is 164 Å². The summed E-state index contributed by atoms with van der Waals surface area (Å²) in [5.41, 5.74) is 24.1. The molecule has 13 rings (SSSR count). The van der Waals surface area contributed by atoms with E-state index in [1.54, 1.807) is 0 Å². The summed E-state index contributed by atoms with van der Waals surface area (Å²) >= 11 is 0. The molecule has 2 heteroatoms. The minimum Gasteiger partial charge on any atom is -0.308 e. The quantitative estimate of drug-likeness (QED) is 0.147. The van der Waals surface area contributed by atoms with Crippen LogP contribution < -0.4 is 0 Å². The smallest absolute Gasteiger partial charge is 0.0620 e. The Kier molecular flexibility index (Phi) is 8.69. The molecule has 0 spiro atoms. The van der Waals surface area contributed by atoms with Gasteiger partial charge in [0.2, 0.25) is 0 Å². The monoisotopic (exact) mass is 880 g/mol. The largest absolute Gasteiger partial charge is 0.308 e. The molecule has 13 aromatic rings. The van der Waals surface area contributed by atoms with Gasteiger partial charge in [-0.05, 0) is 201 Å². The molecule has 0 saturated heterocycles. The minimum atomic E-state index is 0.321. The fourth-order valence-corrected chi connectivity index (χ4v) is 13.0. The number of hydrogen-bond acceptors (Lipinski definition) is 0. The predicted molar refractivity (Wildman–Crippen MR) is 297 cm³/mol. The van der Waals surface area contributed by atoms with E-state index >= 15 is 0 Å². The molecule has 0 fully saturated rings. The highest BCUT2D eigenvalue weighted by Gasteiger charge is 2.30. The van der Waals surface area contributed by atoms with E-state index in [0.717, 1.165) is 0 Å². The van der Waals surface area contributed by atoms with Gasteiger partial charge in [-0.2, -0.15) is 0 Å². The summed E-state index contributed by atoms with van der Waals surface area (Å²) in [5.74, 6) is 1.29. The normalized spacial score (nSPS) is 12.9. The maximum atomic E-state index is 2.63. The SMILES string of the molecule is Cc1ccc2c(c1)c1cc(C)cc3c4cc5c(-c6c(C(C)C)cccc6C(C)C)c6cc7c(cc6c(-c6c(C(C)C)cccc6C(C)C)c5cc4n2c13)c1cc(C)cc2c3cc(C)ccc3n7c21. The van der Waals surface area contributed by atoms with E-state index in [0.29, 0.717) is 23.7 Å². The number of nitrogens with zero attached hydrogens (tertiary/aromatic N) is 2. The molecule has 0 N–H and O–H groups in total. The van der Waals surface area contributed by atoms with Gasteiger partial charge in [0.25, 0.3) is 0 Å². The molecule has 0 radical (unpaired) electrons. The molecular formula is C66H60N2. The Balaban J connectivity index is 1.37. The second-order valence-corrected chi connectivity index (χ2v) is 22.0. The highest BCUT2D eigenvalue weighted by Crippen LogP contribution is 2.54. The van der Waals surface area contributed by atoms with Crippen LogP contribution in [0.25, 0.3) is 120 Å². The van der Waals surface area contributed by atoms with E-state index in [1.807, 2.05) is 0 Å². The number of benzene rings is 9. The van der Waals surface area contributed by atoms with Gasteiger partial charge in [-0.1, -0.05) is 115 Å². The molecule has 0 aliphatic carbocycles. The average molecular weight is 881 g/mol. The number of aromatic nitrogens is 2. The Morgan fingerprint density at radius 3 is 0.882 bits per heavy atom. The van der Waals surface area contributed by atoms with Gasteiger partial charge in [0.15, 0.2) is 0 Å². The standard InChI is InChI=1S/C66H60N2/c1-33(2)41-15-13-16-42(34(3)4)61(41)63-49-29-47-55-27-39(11)25-53-46-24-38(10)20-22-58(46)68(65(53)55)60(47)32-52(49)64(62-43(35(5)6)17-14-18-44(62)36(7)8)50-30-48-56-28-40(12)26-54-45-23-37(9)19-21-57(45)67(66(54)56)59(48)31-51(50)63/h13-36H,1-12H3. The molecular weight excluding hydrogens is 821 g/mol. The lowest BCUT2D eigenvalue weighted by molar-refractivity contribution is 0.838. The maximum absolute atomic E-state index is 2.63. The van der Waals surface area contributed by atoms with Crippen molar-refractivity contribution in [2.45, 2.75) is 107 Å². The van der Waals surface area contributed by atoms with E-state index in [4.69, 9.17) is 0 Å². The third-order valence-corrected chi connectivity index (χ3v) is 16.0. The van der Waals surface area contributed by atoms with E-state index in [-0.39, 0.29) is 0 Å². The second kappa shape index (κ2) is 14.3. The summed E-state index contributed by atoms with van der Waals surface area (Å²) in [6, 6.07) is 48.6. The van der Waals surface area contributed by atoms with Crippen molar-refractivity contribution in [3.8, 4) is 22.3 Å². The molecule has 9 aromatic carbocycles. The van der Waals surface area contributed by atoms with Crippen molar-refractivity contribution in [2.75, 3.05) is 0 Å². The van der Waals surface area contributed by atoms with Crippen LogP contribution in [0, 0.1) is 27.7 Å². The van der Waals surface area contributed by atoms with Crippen molar-refractivity contribution >= 4 is 97.7 Å². The van der Waals surface area contributed by atoms with Gasteiger partial charge in [-0.15, -0.1) is 0 Å². The zero-order chi connectivity index (χ0) is 46.9. The molecule has 0 atom stereocenters. The molecule has 0 saturated carbocycles. The molecule has 0 unspecified atom stereocenters. The Labute approximate surface area is 399 Å².